The van der Waals surface area contributed by atoms with Crippen molar-refractivity contribution in [3.8, 4) is 0 Å². The summed E-state index contributed by atoms with van der Waals surface area (Å²) in [6.45, 7) is 3.76. The number of piperidine rings is 1. The fourth-order valence-electron chi connectivity index (χ4n) is 3.42. The number of aromatic nitrogens is 2. The molecule has 4 rings (SSSR count). The first-order chi connectivity index (χ1) is 13.5. The smallest absolute Gasteiger partial charge is 0.414 e. The zero-order valence-corrected chi connectivity index (χ0v) is 17.5. The minimum atomic E-state index is -1.82. The molecule has 2 saturated heterocycles. The number of nitrogens with zero attached hydrogens (tertiary/aromatic N) is 3. The Kier molecular flexibility index (Phi) is 7.72. The van der Waals surface area contributed by atoms with Gasteiger partial charge in [-0.2, -0.15) is 8.75 Å². The lowest BCUT2D eigenvalue weighted by Gasteiger charge is -2.20. The van der Waals surface area contributed by atoms with Crippen molar-refractivity contribution in [1.29, 1.82) is 0 Å². The van der Waals surface area contributed by atoms with Crippen molar-refractivity contribution in [3.63, 3.8) is 0 Å². The van der Waals surface area contributed by atoms with Gasteiger partial charge >= 0.3 is 11.9 Å². The Morgan fingerprint density at radius 1 is 1.07 bits per heavy atom. The number of fused-ring (bicyclic) bond motifs is 2. The first-order valence-corrected chi connectivity index (χ1v) is 11.6. The van der Waals surface area contributed by atoms with Gasteiger partial charge in [-0.1, -0.05) is 18.2 Å². The molecule has 3 heterocycles. The summed E-state index contributed by atoms with van der Waals surface area (Å²) in [7, 11) is 0. The normalized spacial score (nSPS) is 22.5. The van der Waals surface area contributed by atoms with E-state index in [-0.39, 0.29) is 0 Å². The van der Waals surface area contributed by atoms with Crippen LogP contribution in [-0.4, -0.2) is 66.9 Å². The molecule has 3 atom stereocenters. The monoisotopic (exact) mass is 439 g/mol. The molecule has 10 heteroatoms. The van der Waals surface area contributed by atoms with Crippen LogP contribution in [-0.2, 0) is 9.59 Å². The molecule has 3 unspecified atom stereocenters. The molecule has 2 aliphatic heterocycles. The van der Waals surface area contributed by atoms with Gasteiger partial charge in [-0.25, -0.2) is 9.59 Å². The first-order valence-electron chi connectivity index (χ1n) is 8.86. The van der Waals surface area contributed by atoms with Crippen LogP contribution in [0.1, 0.15) is 18.0 Å². The van der Waals surface area contributed by atoms with Crippen molar-refractivity contribution in [2.45, 2.75) is 22.3 Å². The predicted octanol–water partition coefficient (Wildman–Crippen LogP) is 3.00. The lowest BCUT2D eigenvalue weighted by molar-refractivity contribution is -0.159. The summed E-state index contributed by atoms with van der Waals surface area (Å²) in [5.41, 5.74) is 1.28. The maximum Gasteiger partial charge on any atom is 0.414 e. The maximum atomic E-state index is 9.10. The molecule has 0 saturated carbocycles. The third kappa shape index (κ3) is 5.69. The molecule has 2 aromatic rings. The van der Waals surface area contributed by atoms with Crippen molar-refractivity contribution in [1.82, 2.24) is 13.6 Å². The molecule has 2 bridgehead atoms. The third-order valence-electron chi connectivity index (χ3n) is 4.68. The van der Waals surface area contributed by atoms with Crippen molar-refractivity contribution in [3.05, 3.63) is 36.0 Å². The van der Waals surface area contributed by atoms with Crippen LogP contribution in [0.25, 0.3) is 0 Å². The van der Waals surface area contributed by atoms with E-state index in [4.69, 9.17) is 19.8 Å². The van der Waals surface area contributed by atoms with Gasteiger partial charge in [0.2, 0.25) is 0 Å². The number of carbonyl (C=O) groups is 2. The number of aliphatic carboxylic acids is 2. The minimum absolute atomic E-state index is 0.636. The van der Waals surface area contributed by atoms with E-state index in [2.05, 4.69) is 44.0 Å². The fourth-order valence-corrected chi connectivity index (χ4v) is 6.10. The highest BCUT2D eigenvalue weighted by molar-refractivity contribution is 8.03. The number of hydrogen-bond donors (Lipinski definition) is 2. The van der Waals surface area contributed by atoms with E-state index in [1.54, 1.807) is 0 Å². The Morgan fingerprint density at radius 3 is 2.39 bits per heavy atom. The summed E-state index contributed by atoms with van der Waals surface area (Å²) < 4.78 is 9.18. The highest BCUT2D eigenvalue weighted by Gasteiger charge is 2.41. The highest BCUT2D eigenvalue weighted by Crippen LogP contribution is 2.42. The van der Waals surface area contributed by atoms with Crippen LogP contribution in [0.2, 0.25) is 0 Å². The van der Waals surface area contributed by atoms with Crippen LogP contribution in [0.5, 0.6) is 0 Å². The van der Waals surface area contributed by atoms with E-state index in [9.17, 15) is 0 Å². The van der Waals surface area contributed by atoms with E-state index in [0.717, 1.165) is 17.4 Å². The van der Waals surface area contributed by atoms with Crippen LogP contribution < -0.4 is 0 Å². The fraction of sp³-hybridized carbons (Fsp3) is 0.444. The molecule has 0 radical (unpaired) electrons. The molecule has 2 aliphatic rings. The van der Waals surface area contributed by atoms with Gasteiger partial charge in [0.25, 0.3) is 0 Å². The van der Waals surface area contributed by atoms with Gasteiger partial charge in [-0.3, -0.25) is 0 Å². The Balaban J connectivity index is 0.000000330. The molecule has 0 amide bonds. The quantitative estimate of drug-likeness (QED) is 0.399. The second-order valence-corrected chi connectivity index (χ2v) is 9.27. The second kappa shape index (κ2) is 10.2. The number of benzene rings is 1. The van der Waals surface area contributed by atoms with Crippen LogP contribution in [0.4, 0.5) is 0 Å². The molecule has 0 spiro atoms. The maximum absolute atomic E-state index is 9.10. The molecular formula is C18H21N3O4S3. The Hall–Kier alpha value is -1.62. The molecular weight excluding hydrogens is 418 g/mol. The number of carboxylic acid groups (broad SMARTS) is 2. The van der Waals surface area contributed by atoms with Crippen molar-refractivity contribution in [2.75, 3.05) is 31.1 Å². The summed E-state index contributed by atoms with van der Waals surface area (Å²) in [6.07, 6.45) is 1.34. The Labute approximate surface area is 175 Å². The van der Waals surface area contributed by atoms with Crippen LogP contribution >= 0.6 is 35.3 Å². The minimum Gasteiger partial charge on any atom is -0.473 e. The molecule has 2 N–H and O–H groups in total. The lowest BCUT2D eigenvalue weighted by atomic mass is 9.90. The van der Waals surface area contributed by atoms with Gasteiger partial charge in [-0.05, 0) is 31.0 Å². The lowest BCUT2D eigenvalue weighted by Crippen LogP contribution is -2.22. The highest BCUT2D eigenvalue weighted by atomic mass is 32.2. The molecule has 150 valence electrons. The number of hydrogen-bond acceptors (Lipinski definition) is 8. The second-order valence-electron chi connectivity index (χ2n) is 6.49. The van der Waals surface area contributed by atoms with Gasteiger partial charge in [0.05, 0.1) is 17.4 Å². The van der Waals surface area contributed by atoms with E-state index in [0.29, 0.717) is 5.92 Å². The third-order valence-corrected chi connectivity index (χ3v) is 7.60. The molecule has 0 aliphatic carbocycles. The van der Waals surface area contributed by atoms with Gasteiger partial charge < -0.3 is 15.1 Å². The zero-order valence-electron chi connectivity index (χ0n) is 15.1. The topological polar surface area (TPSA) is 104 Å². The van der Waals surface area contributed by atoms with Crippen LogP contribution in [0.3, 0.4) is 0 Å². The van der Waals surface area contributed by atoms with Crippen LogP contribution in [0.15, 0.2) is 40.3 Å². The Morgan fingerprint density at radius 2 is 1.79 bits per heavy atom. The van der Waals surface area contributed by atoms with Gasteiger partial charge in [0.1, 0.15) is 5.03 Å². The molecule has 1 aromatic heterocycles. The predicted molar refractivity (Wildman–Crippen MR) is 110 cm³/mol. The first kappa shape index (κ1) is 21.1. The van der Waals surface area contributed by atoms with E-state index >= 15 is 0 Å². The van der Waals surface area contributed by atoms with Crippen molar-refractivity contribution in [2.24, 2.45) is 5.92 Å². The largest absolute Gasteiger partial charge is 0.473 e. The SMILES string of the molecule is O=C(O)C(=O)O.c1ccc(SCCSc2nsnc2C2CN3CCC2C3)cc1. The number of rotatable bonds is 6. The summed E-state index contributed by atoms with van der Waals surface area (Å²) in [6, 6.07) is 10.6. The van der Waals surface area contributed by atoms with Crippen molar-refractivity contribution >= 4 is 47.2 Å². The Bertz CT molecular complexity index is 790. The summed E-state index contributed by atoms with van der Waals surface area (Å²) in [5.74, 6) is 0.0222. The van der Waals surface area contributed by atoms with Gasteiger partial charge in [0, 0.05) is 35.4 Å². The molecule has 2 fully saturated rings. The number of thioether (sulfide) groups is 2. The van der Waals surface area contributed by atoms with E-state index < -0.39 is 11.9 Å². The molecule has 7 nitrogen and oxygen atoms in total. The van der Waals surface area contributed by atoms with E-state index in [1.165, 1.54) is 53.4 Å². The molecule has 28 heavy (non-hydrogen) atoms. The summed E-state index contributed by atoms with van der Waals surface area (Å²) >= 11 is 5.19. The zero-order chi connectivity index (χ0) is 19.9. The standard InChI is InChI=1S/C16H19N3S3.C2H2O4/c1-2-4-13(5-3-1)20-8-9-21-16-15(17-22-18-16)14-11-19-7-6-12(14)10-19;3-1(4)2(5)6/h1-5,12,14H,6-11H2;(H,3,4)(H,5,6). The van der Waals surface area contributed by atoms with Crippen molar-refractivity contribution < 1.29 is 19.8 Å². The van der Waals surface area contributed by atoms with E-state index in [1.807, 2.05) is 23.5 Å². The van der Waals surface area contributed by atoms with Gasteiger partial charge in [0.15, 0.2) is 0 Å². The molecule has 1 aromatic carbocycles. The average Bonchev–Trinajstić information content (AvgIpc) is 3.43. The summed E-state index contributed by atoms with van der Waals surface area (Å²) in [5, 5.41) is 16.0. The summed E-state index contributed by atoms with van der Waals surface area (Å²) in [4.78, 5) is 22.1. The average molecular weight is 440 g/mol. The van der Waals surface area contributed by atoms with Crippen LogP contribution in [0, 0.1) is 5.92 Å². The van der Waals surface area contributed by atoms with Gasteiger partial charge in [-0.15, -0.1) is 23.5 Å². The number of carboxylic acids is 2.